The van der Waals surface area contributed by atoms with Gasteiger partial charge in [0.15, 0.2) is 11.5 Å². The molecular formula is C25H27NO7. The Morgan fingerprint density at radius 1 is 0.939 bits per heavy atom. The molecule has 0 atom stereocenters. The van der Waals surface area contributed by atoms with E-state index < -0.39 is 17.5 Å². The van der Waals surface area contributed by atoms with Crippen LogP contribution in [0.4, 0.5) is 0 Å². The van der Waals surface area contributed by atoms with Gasteiger partial charge in [-0.2, -0.15) is 0 Å². The first-order valence-corrected chi connectivity index (χ1v) is 10.7. The lowest BCUT2D eigenvalue weighted by Gasteiger charge is -2.12. The van der Waals surface area contributed by atoms with Gasteiger partial charge in [0.25, 0.3) is 5.91 Å². The van der Waals surface area contributed by atoms with Gasteiger partial charge in [-0.1, -0.05) is 0 Å². The van der Waals surface area contributed by atoms with Crippen LogP contribution in [0.25, 0.3) is 11.0 Å². The van der Waals surface area contributed by atoms with Gasteiger partial charge in [-0.05, 0) is 69.2 Å². The van der Waals surface area contributed by atoms with Crippen molar-refractivity contribution in [1.82, 2.24) is 5.32 Å². The van der Waals surface area contributed by atoms with E-state index in [9.17, 15) is 14.4 Å². The van der Waals surface area contributed by atoms with E-state index in [4.69, 9.17) is 18.6 Å². The molecule has 0 aliphatic rings. The molecule has 1 aromatic heterocycles. The van der Waals surface area contributed by atoms with E-state index >= 15 is 0 Å². The Hall–Kier alpha value is -3.81. The highest BCUT2D eigenvalue weighted by atomic mass is 16.5. The Labute approximate surface area is 191 Å². The zero-order valence-corrected chi connectivity index (χ0v) is 19.2. The Bertz CT molecular complexity index is 1230. The van der Waals surface area contributed by atoms with E-state index in [0.29, 0.717) is 46.8 Å². The molecule has 8 heteroatoms. The fourth-order valence-corrected chi connectivity index (χ4v) is 3.26. The van der Waals surface area contributed by atoms with E-state index in [-0.39, 0.29) is 13.2 Å². The predicted octanol–water partition coefficient (Wildman–Crippen LogP) is 3.68. The van der Waals surface area contributed by atoms with Crippen LogP contribution in [0, 0.1) is 13.8 Å². The van der Waals surface area contributed by atoms with Crippen molar-refractivity contribution in [2.45, 2.75) is 34.3 Å². The first-order chi connectivity index (χ1) is 15.8. The Morgan fingerprint density at radius 3 is 2.36 bits per heavy atom. The maximum atomic E-state index is 12.5. The standard InChI is InChI=1S/C25H27NO7/c1-5-30-20-8-7-17(11-22(20)31-6-2)25(29)26-13-24(28)32-14-18-12-23(27)33-21-10-16(4)15(3)9-19(18)21/h7-12H,5-6,13-14H2,1-4H3,(H,26,29). The van der Waals surface area contributed by atoms with E-state index in [1.165, 1.54) is 6.07 Å². The number of aryl methyl sites for hydroxylation is 2. The van der Waals surface area contributed by atoms with Crippen LogP contribution in [-0.4, -0.2) is 31.6 Å². The summed E-state index contributed by atoms with van der Waals surface area (Å²) in [5, 5.41) is 3.23. The normalized spacial score (nSPS) is 10.7. The minimum atomic E-state index is -0.635. The molecule has 0 saturated heterocycles. The molecule has 0 fully saturated rings. The van der Waals surface area contributed by atoms with Crippen LogP contribution in [0.5, 0.6) is 11.5 Å². The highest BCUT2D eigenvalue weighted by Crippen LogP contribution is 2.28. The molecule has 0 aliphatic heterocycles. The number of fused-ring (bicyclic) bond motifs is 1. The first kappa shape index (κ1) is 23.8. The summed E-state index contributed by atoms with van der Waals surface area (Å²) < 4.78 is 21.5. The van der Waals surface area contributed by atoms with Gasteiger partial charge in [0.05, 0.1) is 13.2 Å². The molecule has 8 nitrogen and oxygen atoms in total. The van der Waals surface area contributed by atoms with Crippen molar-refractivity contribution < 1.29 is 28.2 Å². The quantitative estimate of drug-likeness (QED) is 0.389. The highest BCUT2D eigenvalue weighted by molar-refractivity contribution is 5.96. The lowest BCUT2D eigenvalue weighted by molar-refractivity contribution is -0.143. The molecule has 2 aromatic carbocycles. The van der Waals surface area contributed by atoms with Crippen molar-refractivity contribution in [2.75, 3.05) is 19.8 Å². The fourth-order valence-electron chi connectivity index (χ4n) is 3.26. The van der Waals surface area contributed by atoms with Crippen LogP contribution in [0.2, 0.25) is 0 Å². The SMILES string of the molecule is CCOc1ccc(C(=O)NCC(=O)OCc2cc(=O)oc3cc(C)c(C)cc23)cc1OCC. The molecule has 0 saturated carbocycles. The van der Waals surface area contributed by atoms with Crippen LogP contribution in [0.1, 0.15) is 40.9 Å². The summed E-state index contributed by atoms with van der Waals surface area (Å²) in [5.74, 6) is -0.0902. The molecule has 3 aromatic rings. The number of nitrogens with one attached hydrogen (secondary N) is 1. The van der Waals surface area contributed by atoms with E-state index in [0.717, 1.165) is 11.1 Å². The summed E-state index contributed by atoms with van der Waals surface area (Å²) in [7, 11) is 0. The maximum Gasteiger partial charge on any atom is 0.336 e. The Morgan fingerprint density at radius 2 is 1.64 bits per heavy atom. The molecule has 1 N–H and O–H groups in total. The van der Waals surface area contributed by atoms with Crippen LogP contribution in [0.15, 0.2) is 45.6 Å². The number of hydrogen-bond donors (Lipinski definition) is 1. The summed E-state index contributed by atoms with van der Waals surface area (Å²) in [6.07, 6.45) is 0. The van der Waals surface area contributed by atoms with E-state index in [2.05, 4.69) is 5.32 Å². The third-order valence-electron chi connectivity index (χ3n) is 5.03. The van der Waals surface area contributed by atoms with Crippen LogP contribution < -0.4 is 20.4 Å². The average Bonchev–Trinajstić information content (AvgIpc) is 2.78. The lowest BCUT2D eigenvalue weighted by Crippen LogP contribution is -2.30. The number of benzene rings is 2. The number of ether oxygens (including phenoxy) is 3. The molecule has 3 rings (SSSR count). The van der Waals surface area contributed by atoms with Crippen molar-refractivity contribution >= 4 is 22.8 Å². The van der Waals surface area contributed by atoms with Crippen molar-refractivity contribution in [2.24, 2.45) is 0 Å². The van der Waals surface area contributed by atoms with E-state index in [1.807, 2.05) is 33.8 Å². The van der Waals surface area contributed by atoms with Crippen molar-refractivity contribution in [3.8, 4) is 11.5 Å². The van der Waals surface area contributed by atoms with Gasteiger partial charge >= 0.3 is 11.6 Å². The molecule has 0 bridgehead atoms. The van der Waals surface area contributed by atoms with Gasteiger partial charge < -0.3 is 23.9 Å². The van der Waals surface area contributed by atoms with Crippen molar-refractivity contribution in [1.29, 1.82) is 0 Å². The van der Waals surface area contributed by atoms with Crippen molar-refractivity contribution in [3.63, 3.8) is 0 Å². The molecule has 0 aliphatic carbocycles. The van der Waals surface area contributed by atoms with Gasteiger partial charge in [-0.15, -0.1) is 0 Å². The molecule has 174 valence electrons. The molecule has 33 heavy (non-hydrogen) atoms. The van der Waals surface area contributed by atoms with Crippen molar-refractivity contribution in [3.05, 3.63) is 69.1 Å². The monoisotopic (exact) mass is 453 g/mol. The predicted molar refractivity (Wildman–Crippen MR) is 123 cm³/mol. The molecule has 1 heterocycles. The highest BCUT2D eigenvalue weighted by Gasteiger charge is 2.14. The van der Waals surface area contributed by atoms with E-state index in [1.54, 1.807) is 24.3 Å². The van der Waals surface area contributed by atoms with Crippen LogP contribution >= 0.6 is 0 Å². The summed E-state index contributed by atoms with van der Waals surface area (Å²) in [4.78, 5) is 36.6. The first-order valence-electron chi connectivity index (χ1n) is 10.7. The van der Waals surface area contributed by atoms with Gasteiger partial charge in [-0.25, -0.2) is 4.79 Å². The summed E-state index contributed by atoms with van der Waals surface area (Å²) in [5.41, 5.74) is 2.79. The summed E-state index contributed by atoms with van der Waals surface area (Å²) in [6.45, 7) is 8.01. The lowest BCUT2D eigenvalue weighted by atomic mass is 10.0. The number of amides is 1. The van der Waals surface area contributed by atoms with Crippen LogP contribution in [0.3, 0.4) is 0 Å². The minimum Gasteiger partial charge on any atom is -0.490 e. The third-order valence-corrected chi connectivity index (χ3v) is 5.03. The van der Waals surface area contributed by atoms with Gasteiger partial charge in [0, 0.05) is 22.6 Å². The molecule has 0 radical (unpaired) electrons. The topological polar surface area (TPSA) is 104 Å². The Kier molecular flexibility index (Phi) is 7.71. The maximum absolute atomic E-state index is 12.5. The Balaban J connectivity index is 1.63. The second-order valence-corrected chi connectivity index (χ2v) is 7.39. The zero-order chi connectivity index (χ0) is 24.0. The second-order valence-electron chi connectivity index (χ2n) is 7.39. The number of esters is 1. The minimum absolute atomic E-state index is 0.114. The van der Waals surface area contributed by atoms with Crippen LogP contribution in [-0.2, 0) is 16.1 Å². The largest absolute Gasteiger partial charge is 0.490 e. The second kappa shape index (κ2) is 10.7. The van der Waals surface area contributed by atoms with Gasteiger partial charge in [-0.3, -0.25) is 9.59 Å². The number of carbonyl (C=O) groups is 2. The molecule has 0 unspecified atom stereocenters. The summed E-state index contributed by atoms with van der Waals surface area (Å²) in [6, 6.07) is 9.78. The number of rotatable bonds is 9. The zero-order valence-electron chi connectivity index (χ0n) is 19.2. The molecule has 0 spiro atoms. The molecule has 1 amide bonds. The average molecular weight is 453 g/mol. The number of carbonyl (C=O) groups excluding carboxylic acids is 2. The van der Waals surface area contributed by atoms with Gasteiger partial charge in [0.2, 0.25) is 0 Å². The fraction of sp³-hybridized carbons (Fsp3) is 0.320. The third kappa shape index (κ3) is 5.91. The smallest absolute Gasteiger partial charge is 0.336 e. The summed E-state index contributed by atoms with van der Waals surface area (Å²) >= 11 is 0. The number of hydrogen-bond acceptors (Lipinski definition) is 7. The van der Waals surface area contributed by atoms with Gasteiger partial charge in [0.1, 0.15) is 18.7 Å². The molecular weight excluding hydrogens is 426 g/mol.